The Kier molecular flexibility index (Phi) is 4.99. The van der Waals surface area contributed by atoms with Crippen LogP contribution in [0.15, 0.2) is 36.7 Å². The fourth-order valence-electron chi connectivity index (χ4n) is 3.63. The van der Waals surface area contributed by atoms with E-state index in [0.29, 0.717) is 0 Å². The van der Waals surface area contributed by atoms with Gasteiger partial charge in [0, 0.05) is 31.1 Å². The topological polar surface area (TPSA) is 60.9 Å². The molecule has 1 aliphatic heterocycles. The van der Waals surface area contributed by atoms with Crippen molar-refractivity contribution in [1.29, 1.82) is 0 Å². The van der Waals surface area contributed by atoms with Crippen LogP contribution >= 0.6 is 23.7 Å². The van der Waals surface area contributed by atoms with Crippen molar-refractivity contribution < 1.29 is 0 Å². The van der Waals surface area contributed by atoms with Gasteiger partial charge in [-0.3, -0.25) is 4.90 Å². The first-order chi connectivity index (χ1) is 12.8. The van der Waals surface area contributed by atoms with Gasteiger partial charge in [-0.2, -0.15) is 0 Å². The minimum absolute atomic E-state index is 0. The van der Waals surface area contributed by atoms with E-state index in [2.05, 4.69) is 49.9 Å². The second-order valence-electron chi connectivity index (χ2n) is 6.74. The van der Waals surface area contributed by atoms with Gasteiger partial charge in [0.05, 0.1) is 23.0 Å². The van der Waals surface area contributed by atoms with E-state index >= 15 is 0 Å². The molecule has 5 rings (SSSR count). The zero-order valence-corrected chi connectivity index (χ0v) is 16.7. The fourth-order valence-corrected chi connectivity index (χ4v) is 4.47. The number of halogens is 1. The van der Waals surface area contributed by atoms with Crippen molar-refractivity contribution in [3.8, 4) is 0 Å². The molecule has 0 bridgehead atoms. The fraction of sp³-hybridized carbons (Fsp3) is 0.316. The van der Waals surface area contributed by atoms with Gasteiger partial charge >= 0.3 is 0 Å². The summed E-state index contributed by atoms with van der Waals surface area (Å²) in [4.78, 5) is 24.3. The second kappa shape index (κ2) is 7.42. The van der Waals surface area contributed by atoms with Crippen LogP contribution in [0.3, 0.4) is 0 Å². The number of aryl methyl sites for hydroxylation is 1. The summed E-state index contributed by atoms with van der Waals surface area (Å²) in [6.07, 6.45) is 1.69. The maximum absolute atomic E-state index is 4.70. The maximum atomic E-state index is 4.70. The molecule has 0 unspecified atom stereocenters. The molecule has 0 aliphatic carbocycles. The van der Waals surface area contributed by atoms with Crippen molar-refractivity contribution >= 4 is 50.8 Å². The van der Waals surface area contributed by atoms with Gasteiger partial charge < -0.3 is 9.88 Å². The lowest BCUT2D eigenvalue weighted by Crippen LogP contribution is -2.46. The molecule has 1 fully saturated rings. The summed E-state index contributed by atoms with van der Waals surface area (Å²) in [6, 6.07) is 10.4. The number of hydrogen-bond acceptors (Lipinski definition) is 6. The van der Waals surface area contributed by atoms with Gasteiger partial charge in [-0.15, -0.1) is 23.7 Å². The van der Waals surface area contributed by atoms with Gasteiger partial charge in [-0.05, 0) is 25.1 Å². The first-order valence-electron chi connectivity index (χ1n) is 8.88. The molecular formula is C19H21ClN6S. The summed E-state index contributed by atoms with van der Waals surface area (Å²) in [5, 5.41) is 1.18. The number of fused-ring (bicyclic) bond motifs is 2. The van der Waals surface area contributed by atoms with E-state index < -0.39 is 0 Å². The lowest BCUT2D eigenvalue weighted by atomic mass is 10.2. The largest absolute Gasteiger partial charge is 0.353 e. The molecule has 0 atom stereocenters. The number of aromatic amines is 1. The number of para-hydroxylation sites is 2. The predicted octanol–water partition coefficient (Wildman–Crippen LogP) is 3.62. The minimum atomic E-state index is 0. The van der Waals surface area contributed by atoms with E-state index in [9.17, 15) is 0 Å². The Morgan fingerprint density at radius 2 is 1.93 bits per heavy atom. The van der Waals surface area contributed by atoms with Crippen LogP contribution in [0.4, 0.5) is 5.82 Å². The van der Waals surface area contributed by atoms with E-state index in [-0.39, 0.29) is 12.4 Å². The van der Waals surface area contributed by atoms with Crippen LogP contribution in [0.1, 0.15) is 10.7 Å². The molecule has 0 saturated carbocycles. The number of rotatable bonds is 3. The highest BCUT2D eigenvalue weighted by molar-refractivity contribution is 7.18. The van der Waals surface area contributed by atoms with E-state index in [1.165, 1.54) is 10.3 Å². The zero-order chi connectivity index (χ0) is 17.5. The normalized spacial score (nSPS) is 15.4. The van der Waals surface area contributed by atoms with Gasteiger partial charge in [0.25, 0.3) is 0 Å². The van der Waals surface area contributed by atoms with Crippen LogP contribution in [-0.2, 0) is 6.54 Å². The van der Waals surface area contributed by atoms with Crippen molar-refractivity contribution in [2.24, 2.45) is 0 Å². The van der Waals surface area contributed by atoms with Crippen LogP contribution in [-0.4, -0.2) is 51.0 Å². The van der Waals surface area contributed by atoms with Crippen molar-refractivity contribution in [3.63, 3.8) is 0 Å². The van der Waals surface area contributed by atoms with Crippen LogP contribution in [0, 0.1) is 6.92 Å². The van der Waals surface area contributed by atoms with Gasteiger partial charge in [0.2, 0.25) is 0 Å². The van der Waals surface area contributed by atoms with Gasteiger partial charge in [-0.1, -0.05) is 12.1 Å². The molecule has 1 aromatic carbocycles. The Bertz CT molecular complexity index is 1030. The molecule has 3 aromatic heterocycles. The van der Waals surface area contributed by atoms with Crippen molar-refractivity contribution in [1.82, 2.24) is 24.8 Å². The smallest absolute Gasteiger partial charge is 0.140 e. The molecule has 0 radical (unpaired) electrons. The number of imidazole rings is 1. The molecule has 1 aliphatic rings. The van der Waals surface area contributed by atoms with Crippen LogP contribution < -0.4 is 4.90 Å². The lowest BCUT2D eigenvalue weighted by molar-refractivity contribution is 0.244. The first-order valence-corrected chi connectivity index (χ1v) is 9.70. The molecule has 4 heterocycles. The quantitative estimate of drug-likeness (QED) is 0.569. The van der Waals surface area contributed by atoms with E-state index in [1.807, 2.05) is 12.1 Å². The molecule has 1 saturated heterocycles. The summed E-state index contributed by atoms with van der Waals surface area (Å²) in [5.74, 6) is 2.11. The van der Waals surface area contributed by atoms with Crippen molar-refractivity contribution in [3.05, 3.63) is 47.4 Å². The standard InChI is InChI=1S/C19H20N6S.ClH/c1-13-10-14-18(20-12-21-19(14)26-13)25-8-6-24(7-9-25)11-17-22-15-4-2-3-5-16(15)23-17;/h2-5,10,12H,6-9,11H2,1H3,(H,22,23);1H. The molecule has 8 heteroatoms. The number of thiophene rings is 1. The number of aromatic nitrogens is 4. The van der Waals surface area contributed by atoms with Crippen molar-refractivity contribution in [2.45, 2.75) is 13.5 Å². The van der Waals surface area contributed by atoms with Crippen LogP contribution in [0.2, 0.25) is 0 Å². The monoisotopic (exact) mass is 400 g/mol. The molecule has 140 valence electrons. The Labute approximate surface area is 167 Å². The molecule has 6 nitrogen and oxygen atoms in total. The summed E-state index contributed by atoms with van der Waals surface area (Å²) < 4.78 is 0. The zero-order valence-electron chi connectivity index (χ0n) is 15.1. The van der Waals surface area contributed by atoms with Crippen LogP contribution in [0.5, 0.6) is 0 Å². The third-order valence-corrected chi connectivity index (χ3v) is 5.87. The highest BCUT2D eigenvalue weighted by atomic mass is 35.5. The Morgan fingerprint density at radius 1 is 1.11 bits per heavy atom. The number of anilines is 1. The Hall–Kier alpha value is -2.22. The Balaban J connectivity index is 0.00000180. The third kappa shape index (κ3) is 3.50. The van der Waals surface area contributed by atoms with E-state index in [4.69, 9.17) is 4.98 Å². The van der Waals surface area contributed by atoms with Crippen LogP contribution in [0.25, 0.3) is 21.3 Å². The number of benzene rings is 1. The second-order valence-corrected chi connectivity index (χ2v) is 7.97. The number of H-pyrrole nitrogens is 1. The average molecular weight is 401 g/mol. The van der Waals surface area contributed by atoms with E-state index in [0.717, 1.165) is 60.2 Å². The highest BCUT2D eigenvalue weighted by Gasteiger charge is 2.21. The Morgan fingerprint density at radius 3 is 2.74 bits per heavy atom. The number of nitrogens with one attached hydrogen (secondary N) is 1. The molecule has 1 N–H and O–H groups in total. The summed E-state index contributed by atoms with van der Waals surface area (Å²) >= 11 is 1.73. The summed E-state index contributed by atoms with van der Waals surface area (Å²) in [6.45, 7) is 6.94. The summed E-state index contributed by atoms with van der Waals surface area (Å²) in [5.41, 5.74) is 2.15. The van der Waals surface area contributed by atoms with E-state index in [1.54, 1.807) is 17.7 Å². The number of nitrogens with zero attached hydrogens (tertiary/aromatic N) is 5. The third-order valence-electron chi connectivity index (χ3n) is 4.92. The lowest BCUT2D eigenvalue weighted by Gasteiger charge is -2.35. The number of piperazine rings is 1. The minimum Gasteiger partial charge on any atom is -0.353 e. The number of hydrogen-bond donors (Lipinski definition) is 1. The maximum Gasteiger partial charge on any atom is 0.140 e. The van der Waals surface area contributed by atoms with Gasteiger partial charge in [0.15, 0.2) is 0 Å². The molecule has 4 aromatic rings. The van der Waals surface area contributed by atoms with Gasteiger partial charge in [0.1, 0.15) is 22.8 Å². The molecule has 0 amide bonds. The molecule has 0 spiro atoms. The molecule has 27 heavy (non-hydrogen) atoms. The predicted molar refractivity (Wildman–Crippen MR) is 113 cm³/mol. The molecular weight excluding hydrogens is 380 g/mol. The van der Waals surface area contributed by atoms with Gasteiger partial charge in [-0.25, -0.2) is 15.0 Å². The summed E-state index contributed by atoms with van der Waals surface area (Å²) in [7, 11) is 0. The highest BCUT2D eigenvalue weighted by Crippen LogP contribution is 2.30. The SMILES string of the molecule is Cc1cc2c(N3CCN(Cc4nc5ccccc5[nH]4)CC3)ncnc2s1.Cl. The van der Waals surface area contributed by atoms with Crippen molar-refractivity contribution in [2.75, 3.05) is 31.1 Å². The average Bonchev–Trinajstić information content (AvgIpc) is 3.23. The first kappa shape index (κ1) is 18.2.